The summed E-state index contributed by atoms with van der Waals surface area (Å²) < 4.78 is 15.6. The van der Waals surface area contributed by atoms with E-state index < -0.39 is 47.8 Å². The molecule has 3 aromatic carbocycles. The quantitative estimate of drug-likeness (QED) is 0.142. The molecule has 0 radical (unpaired) electrons. The zero-order valence-corrected chi connectivity index (χ0v) is 25.8. The summed E-state index contributed by atoms with van der Waals surface area (Å²) in [5, 5.41) is 1.49. The lowest BCUT2D eigenvalue weighted by atomic mass is 9.90. The first-order chi connectivity index (χ1) is 22.2. The number of hydrogen-bond acceptors (Lipinski definition) is 11. The first-order valence-electron chi connectivity index (χ1n) is 14.4. The Morgan fingerprint density at radius 2 is 1.50 bits per heavy atom. The van der Waals surface area contributed by atoms with E-state index in [1.54, 1.807) is 85.8 Å². The zero-order chi connectivity index (χ0) is 32.5. The van der Waals surface area contributed by atoms with Crippen LogP contribution in [0.4, 0.5) is 10.7 Å². The standard InChI is InChI=1S/C34H28N2O9S/c1-4-43-34(41)28-19(2)24(33(40)42-3)31(46-28)35-29(37)25-26(36(45-27(25)30(35)38)22-13-9-6-10-14-22)20-15-17-23(18-16-20)44-32(39)21-11-7-5-8-12-21/h5-18,25-27H,4H2,1-3H3/t25-,26+,27-/m0/s1. The maximum atomic E-state index is 14.3. The van der Waals surface area contributed by atoms with Crippen molar-refractivity contribution in [2.24, 2.45) is 5.92 Å². The second-order valence-electron chi connectivity index (χ2n) is 10.4. The third-order valence-electron chi connectivity index (χ3n) is 7.75. The maximum absolute atomic E-state index is 14.3. The maximum Gasteiger partial charge on any atom is 0.348 e. The molecule has 234 valence electrons. The number of carbonyl (C=O) groups is 5. The van der Waals surface area contributed by atoms with Crippen molar-refractivity contribution >= 4 is 51.7 Å². The molecule has 2 aliphatic rings. The van der Waals surface area contributed by atoms with Crippen LogP contribution in [0.15, 0.2) is 84.9 Å². The molecule has 0 unspecified atom stereocenters. The lowest BCUT2D eigenvalue weighted by molar-refractivity contribution is -0.126. The number of carbonyl (C=O) groups excluding carboxylic acids is 5. The van der Waals surface area contributed by atoms with Gasteiger partial charge < -0.3 is 14.2 Å². The fraction of sp³-hybridized carbons (Fsp3) is 0.206. The van der Waals surface area contributed by atoms with E-state index in [1.807, 2.05) is 6.07 Å². The van der Waals surface area contributed by atoms with E-state index >= 15 is 0 Å². The molecule has 46 heavy (non-hydrogen) atoms. The molecule has 4 aromatic rings. The van der Waals surface area contributed by atoms with Crippen LogP contribution < -0.4 is 14.7 Å². The SMILES string of the molecule is CCOC(=O)c1sc(N2C(=O)[C@@H]3[C@H](ON(c4ccccc4)[C@@H]3c3ccc(OC(=O)c4ccccc4)cc3)C2=O)c(C(=O)OC)c1C. The number of ether oxygens (including phenoxy) is 3. The van der Waals surface area contributed by atoms with Crippen molar-refractivity contribution in [2.45, 2.75) is 26.0 Å². The van der Waals surface area contributed by atoms with Gasteiger partial charge in [0.1, 0.15) is 21.5 Å². The minimum Gasteiger partial charge on any atom is -0.465 e. The summed E-state index contributed by atoms with van der Waals surface area (Å²) in [6.45, 7) is 3.28. The summed E-state index contributed by atoms with van der Waals surface area (Å²) >= 11 is 0.813. The molecule has 2 saturated heterocycles. The minimum absolute atomic E-state index is 0.0337. The van der Waals surface area contributed by atoms with Crippen molar-refractivity contribution in [3.8, 4) is 5.75 Å². The van der Waals surface area contributed by atoms with Crippen LogP contribution in [-0.4, -0.2) is 49.5 Å². The summed E-state index contributed by atoms with van der Waals surface area (Å²) in [5.74, 6) is -4.04. The van der Waals surface area contributed by atoms with Crippen molar-refractivity contribution in [2.75, 3.05) is 23.7 Å². The number of amides is 2. The molecule has 0 spiro atoms. The smallest absolute Gasteiger partial charge is 0.348 e. The van der Waals surface area contributed by atoms with E-state index in [9.17, 15) is 24.0 Å². The van der Waals surface area contributed by atoms with Crippen molar-refractivity contribution in [1.29, 1.82) is 0 Å². The van der Waals surface area contributed by atoms with Crippen LogP contribution in [0.3, 0.4) is 0 Å². The highest BCUT2D eigenvalue weighted by molar-refractivity contribution is 7.19. The van der Waals surface area contributed by atoms with Gasteiger partial charge in [-0.3, -0.25) is 14.4 Å². The molecule has 2 aliphatic heterocycles. The van der Waals surface area contributed by atoms with Crippen LogP contribution in [0.5, 0.6) is 5.75 Å². The van der Waals surface area contributed by atoms with Gasteiger partial charge in [0.15, 0.2) is 6.10 Å². The zero-order valence-electron chi connectivity index (χ0n) is 25.0. The Labute approximate surface area is 267 Å². The summed E-state index contributed by atoms with van der Waals surface area (Å²) in [6.07, 6.45) is -1.23. The minimum atomic E-state index is -1.23. The third kappa shape index (κ3) is 5.31. The average molecular weight is 641 g/mol. The molecule has 2 fully saturated rings. The van der Waals surface area contributed by atoms with E-state index in [0.717, 1.165) is 16.2 Å². The van der Waals surface area contributed by atoms with E-state index in [4.69, 9.17) is 19.0 Å². The molecule has 11 nitrogen and oxygen atoms in total. The Kier molecular flexibility index (Phi) is 8.39. The molecule has 6 rings (SSSR count). The van der Waals surface area contributed by atoms with E-state index in [-0.39, 0.29) is 33.4 Å². The predicted molar refractivity (Wildman–Crippen MR) is 167 cm³/mol. The number of benzene rings is 3. The number of imide groups is 1. The van der Waals surface area contributed by atoms with Crippen molar-refractivity contribution < 1.29 is 43.0 Å². The van der Waals surface area contributed by atoms with Crippen molar-refractivity contribution in [3.05, 3.63) is 112 Å². The predicted octanol–water partition coefficient (Wildman–Crippen LogP) is 5.29. The van der Waals surface area contributed by atoms with Crippen LogP contribution in [0, 0.1) is 12.8 Å². The Bertz CT molecular complexity index is 1820. The van der Waals surface area contributed by atoms with Crippen LogP contribution in [0.25, 0.3) is 0 Å². The number of methoxy groups -OCH3 is 1. The van der Waals surface area contributed by atoms with Gasteiger partial charge >= 0.3 is 17.9 Å². The Morgan fingerprint density at radius 1 is 0.848 bits per heavy atom. The Hall–Kier alpha value is -5.33. The number of hydroxylamine groups is 1. The Balaban J connectivity index is 1.37. The number of anilines is 2. The number of fused-ring (bicyclic) bond motifs is 1. The van der Waals surface area contributed by atoms with Gasteiger partial charge in [-0.1, -0.05) is 48.5 Å². The highest BCUT2D eigenvalue weighted by atomic mass is 32.1. The summed E-state index contributed by atoms with van der Waals surface area (Å²) in [5.41, 5.74) is 1.79. The molecule has 0 N–H and O–H groups in total. The number of nitrogens with zero attached hydrogens (tertiary/aromatic N) is 2. The monoisotopic (exact) mass is 640 g/mol. The molecule has 0 aliphatic carbocycles. The second-order valence-corrected chi connectivity index (χ2v) is 11.4. The van der Waals surface area contributed by atoms with Crippen LogP contribution in [0.2, 0.25) is 0 Å². The fourth-order valence-corrected chi connectivity index (χ4v) is 6.82. The van der Waals surface area contributed by atoms with Gasteiger partial charge in [-0.15, -0.1) is 11.3 Å². The number of thiophene rings is 1. The van der Waals surface area contributed by atoms with Gasteiger partial charge in [0.25, 0.3) is 5.91 Å². The molecular weight excluding hydrogens is 612 g/mol. The van der Waals surface area contributed by atoms with E-state index in [0.29, 0.717) is 16.8 Å². The van der Waals surface area contributed by atoms with Crippen molar-refractivity contribution in [3.63, 3.8) is 0 Å². The molecule has 12 heteroatoms. The van der Waals surface area contributed by atoms with Gasteiger partial charge in [0.05, 0.1) is 36.6 Å². The molecule has 1 aromatic heterocycles. The molecule has 2 amide bonds. The van der Waals surface area contributed by atoms with Gasteiger partial charge in [0, 0.05) is 0 Å². The van der Waals surface area contributed by atoms with Gasteiger partial charge in [0.2, 0.25) is 5.91 Å². The fourth-order valence-electron chi connectivity index (χ4n) is 5.62. The third-order valence-corrected chi connectivity index (χ3v) is 9.01. The van der Waals surface area contributed by atoms with Crippen LogP contribution >= 0.6 is 11.3 Å². The van der Waals surface area contributed by atoms with Crippen molar-refractivity contribution in [1.82, 2.24) is 0 Å². The largest absolute Gasteiger partial charge is 0.465 e. The molecule has 0 bridgehead atoms. The second kappa shape index (κ2) is 12.6. The van der Waals surface area contributed by atoms with Gasteiger partial charge in [-0.05, 0) is 61.4 Å². The molecule has 0 saturated carbocycles. The van der Waals surface area contributed by atoms with E-state index in [2.05, 4.69) is 0 Å². The van der Waals surface area contributed by atoms with Crippen LogP contribution in [0.1, 0.15) is 54.5 Å². The molecule has 3 heterocycles. The lowest BCUT2D eigenvalue weighted by Crippen LogP contribution is -2.37. The first-order valence-corrected chi connectivity index (χ1v) is 15.2. The van der Waals surface area contributed by atoms with Gasteiger partial charge in [-0.2, -0.15) is 0 Å². The average Bonchev–Trinajstić information content (AvgIpc) is 3.71. The number of hydrogen-bond donors (Lipinski definition) is 0. The molecular formula is C34H28N2O9S. The molecule has 3 atom stereocenters. The summed E-state index contributed by atoms with van der Waals surface area (Å²) in [7, 11) is 1.17. The number of esters is 3. The van der Waals surface area contributed by atoms with Gasteiger partial charge in [-0.25, -0.2) is 24.3 Å². The Morgan fingerprint density at radius 3 is 2.13 bits per heavy atom. The normalized spacial score (nSPS) is 18.8. The highest BCUT2D eigenvalue weighted by Crippen LogP contribution is 2.50. The number of rotatable bonds is 8. The first kappa shape index (κ1) is 30.7. The summed E-state index contributed by atoms with van der Waals surface area (Å²) in [6, 6.07) is 23.4. The topological polar surface area (TPSA) is 129 Å². The summed E-state index contributed by atoms with van der Waals surface area (Å²) in [4.78, 5) is 73.7. The van der Waals surface area contributed by atoms with E-state index in [1.165, 1.54) is 19.1 Å². The lowest BCUT2D eigenvalue weighted by Gasteiger charge is -2.28. The van der Waals surface area contributed by atoms with Crippen LogP contribution in [-0.2, 0) is 23.9 Å². The highest BCUT2D eigenvalue weighted by Gasteiger charge is 2.61. The number of para-hydroxylation sites is 1.